The van der Waals surface area contributed by atoms with E-state index in [9.17, 15) is 14.4 Å². The highest BCUT2D eigenvalue weighted by atomic mass is 16.4. The average molecular weight is 318 g/mol. The van der Waals surface area contributed by atoms with Gasteiger partial charge in [-0.2, -0.15) is 0 Å². The first-order chi connectivity index (χ1) is 11.1. The van der Waals surface area contributed by atoms with Crippen LogP contribution in [0.3, 0.4) is 0 Å². The van der Waals surface area contributed by atoms with Crippen molar-refractivity contribution in [1.29, 1.82) is 0 Å². The largest absolute Gasteiger partial charge is 0.481 e. The minimum absolute atomic E-state index is 0.0335. The first kappa shape index (κ1) is 17.0. The lowest BCUT2D eigenvalue weighted by atomic mass is 9.97. The van der Waals surface area contributed by atoms with Gasteiger partial charge in [0.05, 0.1) is 12.3 Å². The number of rotatable bonds is 6. The Bertz CT molecular complexity index is 551. The van der Waals surface area contributed by atoms with Crippen LogP contribution in [-0.2, 0) is 20.8 Å². The Morgan fingerprint density at radius 3 is 2.39 bits per heavy atom. The Balaban J connectivity index is 1.65. The van der Waals surface area contributed by atoms with Crippen molar-refractivity contribution >= 4 is 17.8 Å². The van der Waals surface area contributed by atoms with E-state index in [-0.39, 0.29) is 24.2 Å². The molecule has 1 saturated heterocycles. The van der Waals surface area contributed by atoms with Gasteiger partial charge in [0.15, 0.2) is 0 Å². The van der Waals surface area contributed by atoms with Gasteiger partial charge in [-0.15, -0.1) is 0 Å². The van der Waals surface area contributed by atoms with Gasteiger partial charge >= 0.3 is 5.97 Å². The molecular formula is C17H22N2O4. The summed E-state index contributed by atoms with van der Waals surface area (Å²) in [6, 6.07) is 9.43. The van der Waals surface area contributed by atoms with Gasteiger partial charge < -0.3 is 15.3 Å². The maximum absolute atomic E-state index is 12.0. The van der Waals surface area contributed by atoms with Crippen molar-refractivity contribution in [1.82, 2.24) is 10.2 Å². The van der Waals surface area contributed by atoms with Crippen molar-refractivity contribution in [3.8, 4) is 0 Å². The van der Waals surface area contributed by atoms with Crippen molar-refractivity contribution < 1.29 is 19.5 Å². The van der Waals surface area contributed by atoms with Crippen LogP contribution in [0.1, 0.15) is 24.8 Å². The number of amides is 2. The molecule has 0 saturated carbocycles. The lowest BCUT2D eigenvalue weighted by Crippen LogP contribution is -2.41. The fourth-order valence-corrected chi connectivity index (χ4v) is 2.69. The molecule has 124 valence electrons. The Labute approximate surface area is 135 Å². The number of carboxylic acids is 1. The second-order valence-corrected chi connectivity index (χ2v) is 5.76. The van der Waals surface area contributed by atoms with E-state index in [1.54, 1.807) is 4.90 Å². The summed E-state index contributed by atoms with van der Waals surface area (Å²) in [5.41, 5.74) is 0.937. The number of piperidine rings is 1. The molecule has 6 nitrogen and oxygen atoms in total. The number of carbonyl (C=O) groups excluding carboxylic acids is 2. The fraction of sp³-hybridized carbons (Fsp3) is 0.471. The third-order valence-corrected chi connectivity index (χ3v) is 4.07. The summed E-state index contributed by atoms with van der Waals surface area (Å²) in [6.07, 6.45) is 1.56. The highest BCUT2D eigenvalue weighted by Gasteiger charge is 2.26. The molecule has 0 aromatic heterocycles. The van der Waals surface area contributed by atoms with Gasteiger partial charge in [-0.05, 0) is 18.4 Å². The molecule has 1 aliphatic rings. The number of nitrogens with zero attached hydrogens (tertiary/aromatic N) is 1. The number of hydrogen-bond donors (Lipinski definition) is 2. The van der Waals surface area contributed by atoms with Gasteiger partial charge in [0.2, 0.25) is 11.8 Å². The van der Waals surface area contributed by atoms with Gasteiger partial charge in [-0.1, -0.05) is 30.3 Å². The molecule has 1 aliphatic heterocycles. The van der Waals surface area contributed by atoms with Crippen molar-refractivity contribution in [2.24, 2.45) is 5.92 Å². The van der Waals surface area contributed by atoms with Crippen LogP contribution in [0.15, 0.2) is 30.3 Å². The topological polar surface area (TPSA) is 86.7 Å². The van der Waals surface area contributed by atoms with Crippen LogP contribution in [0.25, 0.3) is 0 Å². The summed E-state index contributed by atoms with van der Waals surface area (Å²) in [5.74, 6) is -1.27. The molecule has 2 rings (SSSR count). The third-order valence-electron chi connectivity index (χ3n) is 4.07. The quantitative estimate of drug-likeness (QED) is 0.821. The van der Waals surface area contributed by atoms with E-state index in [1.165, 1.54) is 0 Å². The summed E-state index contributed by atoms with van der Waals surface area (Å²) in [7, 11) is 0. The number of benzene rings is 1. The van der Waals surface area contributed by atoms with Crippen molar-refractivity contribution in [3.63, 3.8) is 0 Å². The van der Waals surface area contributed by atoms with E-state index < -0.39 is 5.97 Å². The maximum Gasteiger partial charge on any atom is 0.306 e. The second-order valence-electron chi connectivity index (χ2n) is 5.76. The normalized spacial score (nSPS) is 15.2. The van der Waals surface area contributed by atoms with Crippen LogP contribution in [0.2, 0.25) is 0 Å². The van der Waals surface area contributed by atoms with E-state index in [4.69, 9.17) is 5.11 Å². The van der Waals surface area contributed by atoms with Crippen molar-refractivity contribution in [2.75, 3.05) is 19.6 Å². The smallest absolute Gasteiger partial charge is 0.306 e. The first-order valence-corrected chi connectivity index (χ1v) is 7.87. The number of hydrogen-bond acceptors (Lipinski definition) is 3. The number of carboxylic acid groups (broad SMARTS) is 1. The van der Waals surface area contributed by atoms with E-state index in [2.05, 4.69) is 5.32 Å². The molecule has 2 amide bonds. The molecule has 23 heavy (non-hydrogen) atoms. The van der Waals surface area contributed by atoms with Crippen molar-refractivity contribution in [2.45, 2.75) is 25.7 Å². The molecule has 0 unspecified atom stereocenters. The molecule has 1 fully saturated rings. The molecule has 0 bridgehead atoms. The lowest BCUT2D eigenvalue weighted by Gasteiger charge is -2.30. The minimum atomic E-state index is -0.787. The Morgan fingerprint density at radius 1 is 1.13 bits per heavy atom. The van der Waals surface area contributed by atoms with Crippen molar-refractivity contribution in [3.05, 3.63) is 35.9 Å². The standard InChI is InChI=1S/C17H22N2O4/c20-15(12-13-4-2-1-3-5-13)18-9-6-16(21)19-10-7-14(8-11-19)17(22)23/h1-5,14H,6-12H2,(H,18,20)(H,22,23). The molecule has 1 heterocycles. The molecule has 0 aliphatic carbocycles. The molecule has 0 atom stereocenters. The van der Waals surface area contributed by atoms with Crippen LogP contribution in [0.5, 0.6) is 0 Å². The number of aliphatic carboxylic acids is 1. The molecule has 1 aromatic carbocycles. The molecule has 0 radical (unpaired) electrons. The van der Waals surface area contributed by atoms with E-state index in [1.807, 2.05) is 30.3 Å². The van der Waals surface area contributed by atoms with Gasteiger partial charge in [0.25, 0.3) is 0 Å². The van der Waals surface area contributed by atoms with Gasteiger partial charge in [-0.3, -0.25) is 14.4 Å². The molecule has 2 N–H and O–H groups in total. The molecule has 0 spiro atoms. The monoisotopic (exact) mass is 318 g/mol. The van der Waals surface area contributed by atoms with Gasteiger partial charge in [0.1, 0.15) is 0 Å². The van der Waals surface area contributed by atoms with Gasteiger partial charge in [-0.25, -0.2) is 0 Å². The number of likely N-dealkylation sites (tertiary alicyclic amines) is 1. The zero-order valence-electron chi connectivity index (χ0n) is 13.0. The Hall–Kier alpha value is -2.37. The minimum Gasteiger partial charge on any atom is -0.481 e. The first-order valence-electron chi connectivity index (χ1n) is 7.87. The second kappa shape index (κ2) is 8.31. The fourth-order valence-electron chi connectivity index (χ4n) is 2.69. The van der Waals surface area contributed by atoms with E-state index >= 15 is 0 Å². The molecule has 1 aromatic rings. The zero-order chi connectivity index (χ0) is 16.7. The van der Waals surface area contributed by atoms with E-state index in [0.717, 1.165) is 5.56 Å². The summed E-state index contributed by atoms with van der Waals surface area (Å²) in [4.78, 5) is 36.4. The highest BCUT2D eigenvalue weighted by Crippen LogP contribution is 2.17. The van der Waals surface area contributed by atoms with Crippen LogP contribution in [0.4, 0.5) is 0 Å². The van der Waals surface area contributed by atoms with Crippen LogP contribution >= 0.6 is 0 Å². The molecule has 6 heteroatoms. The van der Waals surface area contributed by atoms with Crippen LogP contribution in [0, 0.1) is 5.92 Å². The SMILES string of the molecule is O=C(Cc1ccccc1)NCCC(=O)N1CCC(C(=O)O)CC1. The predicted octanol–water partition coefficient (Wildman–Crippen LogP) is 1.06. The highest BCUT2D eigenvalue weighted by molar-refractivity contribution is 5.80. The lowest BCUT2D eigenvalue weighted by molar-refractivity contribution is -0.145. The Kier molecular flexibility index (Phi) is 6.14. The average Bonchev–Trinajstić information content (AvgIpc) is 2.55. The third kappa shape index (κ3) is 5.39. The summed E-state index contributed by atoms with van der Waals surface area (Å²) in [5, 5.41) is 11.7. The van der Waals surface area contributed by atoms with Gasteiger partial charge in [0, 0.05) is 26.1 Å². The van der Waals surface area contributed by atoms with E-state index in [0.29, 0.717) is 38.9 Å². The molecular weight excluding hydrogens is 296 g/mol. The maximum atomic E-state index is 12.0. The zero-order valence-corrected chi connectivity index (χ0v) is 13.0. The Morgan fingerprint density at radius 2 is 1.78 bits per heavy atom. The summed E-state index contributed by atoms with van der Waals surface area (Å²) < 4.78 is 0. The number of carbonyl (C=O) groups is 3. The van der Waals surface area contributed by atoms with Crippen LogP contribution < -0.4 is 5.32 Å². The van der Waals surface area contributed by atoms with Crippen LogP contribution in [-0.4, -0.2) is 47.4 Å². The number of nitrogens with one attached hydrogen (secondary N) is 1. The summed E-state index contributed by atoms with van der Waals surface area (Å²) >= 11 is 0. The predicted molar refractivity (Wildman–Crippen MR) is 84.7 cm³/mol. The summed E-state index contributed by atoms with van der Waals surface area (Å²) in [6.45, 7) is 1.27.